The van der Waals surface area contributed by atoms with Gasteiger partial charge in [0.2, 0.25) is 0 Å². The quantitative estimate of drug-likeness (QED) is 0.714. The summed E-state index contributed by atoms with van der Waals surface area (Å²) in [5, 5.41) is 3.71. The molecule has 0 aromatic heterocycles. The summed E-state index contributed by atoms with van der Waals surface area (Å²) in [4.78, 5) is 2.76. The fraction of sp³-hybridized carbons (Fsp3) is 0.636. The van der Waals surface area contributed by atoms with Crippen molar-refractivity contribution in [1.29, 1.82) is 0 Å². The van der Waals surface area contributed by atoms with E-state index in [9.17, 15) is 0 Å². The Hall–Kier alpha value is -1.32. The van der Waals surface area contributed by atoms with Crippen LogP contribution in [0.4, 0.5) is 0 Å². The van der Waals surface area contributed by atoms with Crippen molar-refractivity contribution in [1.82, 2.24) is 10.2 Å². The topological polar surface area (TPSA) is 41.3 Å². The fourth-order valence-corrected chi connectivity index (χ4v) is 4.99. The number of nitrogens with zero attached hydrogens (tertiary/aromatic N) is 1. The monoisotopic (exact) mass is 341 g/mol. The zero-order valence-corrected chi connectivity index (χ0v) is 16.1. The maximum absolute atomic E-state index is 4.61. The van der Waals surface area contributed by atoms with Crippen LogP contribution >= 0.6 is 0 Å². The van der Waals surface area contributed by atoms with Gasteiger partial charge < -0.3 is 11.1 Å². The van der Waals surface area contributed by atoms with Gasteiger partial charge in [-0.2, -0.15) is 0 Å². The Morgan fingerprint density at radius 2 is 2.04 bits per heavy atom. The number of fused-ring (bicyclic) bond motifs is 2. The summed E-state index contributed by atoms with van der Waals surface area (Å²) in [6.07, 6.45) is 15.3. The summed E-state index contributed by atoms with van der Waals surface area (Å²) < 4.78 is 0. The number of nitrogens with two attached hydrogens (primary N) is 1. The molecule has 0 aromatic carbocycles. The van der Waals surface area contributed by atoms with Crippen LogP contribution in [0.25, 0.3) is 0 Å². The molecule has 2 heterocycles. The molecule has 25 heavy (non-hydrogen) atoms. The number of allylic oxidation sites excluding steroid dienone is 2. The Labute approximate surface area is 153 Å². The number of rotatable bonds is 1. The van der Waals surface area contributed by atoms with E-state index in [1.165, 1.54) is 57.9 Å². The van der Waals surface area contributed by atoms with E-state index in [1.54, 1.807) is 16.7 Å². The van der Waals surface area contributed by atoms with E-state index in [2.05, 4.69) is 40.8 Å². The second-order valence-corrected chi connectivity index (χ2v) is 7.66. The average molecular weight is 342 g/mol. The van der Waals surface area contributed by atoms with Gasteiger partial charge in [0.1, 0.15) is 0 Å². The molecule has 138 valence electrons. The van der Waals surface area contributed by atoms with Crippen LogP contribution in [0.2, 0.25) is 0 Å². The third kappa shape index (κ3) is 3.50. The molecule has 3 heteroatoms. The molecule has 3 aliphatic carbocycles. The van der Waals surface area contributed by atoms with E-state index in [0.717, 1.165) is 18.5 Å². The highest BCUT2D eigenvalue weighted by Gasteiger charge is 2.49. The lowest BCUT2D eigenvalue weighted by Gasteiger charge is -2.49. The Bertz CT molecular complexity index is 576. The summed E-state index contributed by atoms with van der Waals surface area (Å²) in [5.74, 6) is 0.970. The minimum absolute atomic E-state index is 0.459. The summed E-state index contributed by atoms with van der Waals surface area (Å²) in [6, 6.07) is 0.814. The molecule has 0 aromatic rings. The fourth-order valence-electron chi connectivity index (χ4n) is 4.99. The molecule has 5 rings (SSSR count). The molecular weight excluding hydrogens is 306 g/mol. The molecular formula is C22H35N3. The second kappa shape index (κ2) is 7.92. The largest absolute Gasteiger partial charge is 0.405 e. The molecule has 2 aliphatic heterocycles. The van der Waals surface area contributed by atoms with Crippen molar-refractivity contribution in [2.24, 2.45) is 17.1 Å². The van der Waals surface area contributed by atoms with Gasteiger partial charge in [-0.25, -0.2) is 0 Å². The SMILES string of the molecule is C1=CC2=C(CC1)CNCC21CCN(C2C=C3CC32)CC1.C=CN.CC. The van der Waals surface area contributed by atoms with Gasteiger partial charge in [-0.3, -0.25) is 4.90 Å². The number of hydrogen-bond acceptors (Lipinski definition) is 3. The number of nitrogens with one attached hydrogen (secondary N) is 1. The zero-order chi connectivity index (χ0) is 17.9. The van der Waals surface area contributed by atoms with Crippen molar-refractivity contribution in [2.45, 2.75) is 52.0 Å². The third-order valence-electron chi connectivity index (χ3n) is 6.40. The predicted octanol–water partition coefficient (Wildman–Crippen LogP) is 3.76. The molecule has 1 saturated carbocycles. The maximum atomic E-state index is 4.61. The number of piperidine rings is 1. The third-order valence-corrected chi connectivity index (χ3v) is 6.40. The smallest absolute Gasteiger partial charge is 0.0349 e. The second-order valence-electron chi connectivity index (χ2n) is 7.66. The summed E-state index contributed by atoms with van der Waals surface area (Å²) in [6.45, 7) is 12.1. The molecule has 3 nitrogen and oxygen atoms in total. The molecule has 2 fully saturated rings. The van der Waals surface area contributed by atoms with E-state index in [0.29, 0.717) is 5.41 Å². The standard InChI is InChI=1S/C18H24N2.C2H5N.C2H6/c1-2-4-16-13(3-1)11-19-12-18(16)5-7-20(8-6-18)17-10-14-9-15(14)17;1-2-3;1-2/h2,4,10,15,17,19H,1,3,5-9,11-12H2;2H,1,3H2;1-2H3. The Balaban J connectivity index is 0.000000333. The van der Waals surface area contributed by atoms with Crippen LogP contribution in [0, 0.1) is 11.3 Å². The van der Waals surface area contributed by atoms with Crippen molar-refractivity contribution in [2.75, 3.05) is 26.2 Å². The Morgan fingerprint density at radius 1 is 1.32 bits per heavy atom. The normalized spacial score (nSPS) is 31.2. The molecule has 0 amide bonds. The van der Waals surface area contributed by atoms with E-state index in [1.807, 2.05) is 13.8 Å². The van der Waals surface area contributed by atoms with Crippen LogP contribution < -0.4 is 11.1 Å². The van der Waals surface area contributed by atoms with E-state index >= 15 is 0 Å². The lowest BCUT2D eigenvalue weighted by molar-refractivity contribution is 0.0956. The summed E-state index contributed by atoms with van der Waals surface area (Å²) >= 11 is 0. The Kier molecular flexibility index (Phi) is 5.85. The van der Waals surface area contributed by atoms with Gasteiger partial charge in [0.25, 0.3) is 0 Å². The van der Waals surface area contributed by atoms with Crippen molar-refractivity contribution >= 4 is 0 Å². The van der Waals surface area contributed by atoms with Crippen LogP contribution in [0.1, 0.15) is 46.0 Å². The summed E-state index contributed by atoms with van der Waals surface area (Å²) in [7, 11) is 0. The minimum atomic E-state index is 0.459. The highest BCUT2D eigenvalue weighted by molar-refractivity contribution is 5.41. The molecule has 0 bridgehead atoms. The van der Waals surface area contributed by atoms with Crippen molar-refractivity contribution < 1.29 is 0 Å². The average Bonchev–Trinajstić information content (AvgIpc) is 3.29. The van der Waals surface area contributed by atoms with Crippen molar-refractivity contribution in [3.8, 4) is 0 Å². The van der Waals surface area contributed by atoms with Gasteiger partial charge in [-0.15, -0.1) is 0 Å². The van der Waals surface area contributed by atoms with Gasteiger partial charge >= 0.3 is 0 Å². The van der Waals surface area contributed by atoms with Gasteiger partial charge in [0, 0.05) is 30.5 Å². The first-order chi connectivity index (χ1) is 12.3. The molecule has 1 saturated heterocycles. The van der Waals surface area contributed by atoms with E-state index in [4.69, 9.17) is 0 Å². The van der Waals surface area contributed by atoms with Gasteiger partial charge in [-0.05, 0) is 57.0 Å². The maximum Gasteiger partial charge on any atom is 0.0349 e. The lowest BCUT2D eigenvalue weighted by atomic mass is 9.67. The first-order valence-corrected chi connectivity index (χ1v) is 10.1. The van der Waals surface area contributed by atoms with Crippen molar-refractivity contribution in [3.63, 3.8) is 0 Å². The van der Waals surface area contributed by atoms with Gasteiger partial charge in [-0.1, -0.05) is 49.8 Å². The van der Waals surface area contributed by atoms with Crippen LogP contribution in [0.3, 0.4) is 0 Å². The van der Waals surface area contributed by atoms with E-state index < -0.39 is 0 Å². The van der Waals surface area contributed by atoms with Gasteiger partial charge in [0.15, 0.2) is 0 Å². The Morgan fingerprint density at radius 3 is 2.64 bits per heavy atom. The molecule has 3 N–H and O–H groups in total. The highest BCUT2D eigenvalue weighted by Crippen LogP contribution is 2.53. The lowest BCUT2D eigenvalue weighted by Crippen LogP contribution is -2.52. The number of likely N-dealkylation sites (tertiary alicyclic amines) is 1. The van der Waals surface area contributed by atoms with Gasteiger partial charge in [0.05, 0.1) is 0 Å². The molecule has 1 spiro atoms. The zero-order valence-electron chi connectivity index (χ0n) is 16.1. The summed E-state index contributed by atoms with van der Waals surface area (Å²) in [5.41, 5.74) is 10.2. The van der Waals surface area contributed by atoms with Crippen LogP contribution in [-0.2, 0) is 0 Å². The van der Waals surface area contributed by atoms with Crippen LogP contribution in [0.15, 0.2) is 47.7 Å². The van der Waals surface area contributed by atoms with E-state index in [-0.39, 0.29) is 0 Å². The first kappa shape index (κ1) is 18.5. The predicted molar refractivity (Wildman–Crippen MR) is 107 cm³/mol. The molecule has 5 aliphatic rings. The highest BCUT2D eigenvalue weighted by atomic mass is 15.2. The molecule has 2 unspecified atom stereocenters. The minimum Gasteiger partial charge on any atom is -0.405 e. The first-order valence-electron chi connectivity index (χ1n) is 10.1. The van der Waals surface area contributed by atoms with Crippen LogP contribution in [0.5, 0.6) is 0 Å². The number of hydrogen-bond donors (Lipinski definition) is 2. The van der Waals surface area contributed by atoms with Crippen LogP contribution in [-0.4, -0.2) is 37.1 Å². The molecule has 2 atom stereocenters. The molecule has 0 radical (unpaired) electrons. The van der Waals surface area contributed by atoms with Crippen molar-refractivity contribution in [3.05, 3.63) is 47.7 Å².